The van der Waals surface area contributed by atoms with Crippen LogP contribution < -0.4 is 0 Å². The van der Waals surface area contributed by atoms with Gasteiger partial charge in [-0.2, -0.15) is 0 Å². The molecular formula is C10H12O3S. The molecule has 4 heteroatoms. The monoisotopic (exact) mass is 212 g/mol. The first-order chi connectivity index (χ1) is 6.56. The zero-order valence-corrected chi connectivity index (χ0v) is 8.84. The lowest BCUT2D eigenvalue weighted by Crippen LogP contribution is -2.10. The summed E-state index contributed by atoms with van der Waals surface area (Å²) in [5.41, 5.74) is 1.41. The normalized spacial score (nSPS) is 12.5. The first-order valence-electron chi connectivity index (χ1n) is 4.11. The van der Waals surface area contributed by atoms with Crippen LogP contribution in [0.2, 0.25) is 0 Å². The molecule has 0 amide bonds. The Balaban J connectivity index is 3.02. The molecule has 0 saturated heterocycles. The Labute approximate surface area is 86.8 Å². The third-order valence-electron chi connectivity index (χ3n) is 1.97. The number of carbonyl (C=O) groups is 1. The predicted molar refractivity (Wildman–Crippen MR) is 55.6 cm³/mol. The molecule has 14 heavy (non-hydrogen) atoms. The highest BCUT2D eigenvalue weighted by molar-refractivity contribution is 7.98. The lowest BCUT2D eigenvalue weighted by Gasteiger charge is -2.08. The van der Waals surface area contributed by atoms with Crippen LogP contribution in [0.3, 0.4) is 0 Å². The van der Waals surface area contributed by atoms with Gasteiger partial charge < -0.3 is 10.2 Å². The van der Waals surface area contributed by atoms with E-state index in [4.69, 9.17) is 5.11 Å². The van der Waals surface area contributed by atoms with Gasteiger partial charge in [0.25, 0.3) is 0 Å². The van der Waals surface area contributed by atoms with Gasteiger partial charge in [-0.05, 0) is 30.4 Å². The predicted octanol–water partition coefficient (Wildman–Crippen LogP) is 1.83. The molecule has 1 atom stereocenters. The summed E-state index contributed by atoms with van der Waals surface area (Å²) in [6.45, 7) is 1.89. The largest absolute Gasteiger partial charge is 0.479 e. The second kappa shape index (κ2) is 4.48. The SMILES string of the molecule is CSc1ccc(C(O)C(=O)O)cc1C. The van der Waals surface area contributed by atoms with E-state index in [1.54, 1.807) is 23.9 Å². The van der Waals surface area contributed by atoms with E-state index in [1.807, 2.05) is 19.2 Å². The van der Waals surface area contributed by atoms with Gasteiger partial charge in [0.15, 0.2) is 6.10 Å². The van der Waals surface area contributed by atoms with Crippen LogP contribution in [0.1, 0.15) is 17.2 Å². The van der Waals surface area contributed by atoms with Gasteiger partial charge in [-0.15, -0.1) is 11.8 Å². The van der Waals surface area contributed by atoms with Crippen LogP contribution in [0, 0.1) is 6.92 Å². The molecule has 0 aliphatic heterocycles. The molecule has 0 fully saturated rings. The van der Waals surface area contributed by atoms with E-state index in [9.17, 15) is 9.90 Å². The molecule has 0 aromatic heterocycles. The highest BCUT2D eigenvalue weighted by Gasteiger charge is 2.16. The number of aliphatic hydroxyl groups excluding tert-OH is 1. The van der Waals surface area contributed by atoms with Crippen molar-refractivity contribution in [3.05, 3.63) is 29.3 Å². The standard InChI is InChI=1S/C10H12O3S/c1-6-5-7(9(11)10(12)13)3-4-8(6)14-2/h3-5,9,11H,1-2H3,(H,12,13). The highest BCUT2D eigenvalue weighted by Crippen LogP contribution is 2.23. The van der Waals surface area contributed by atoms with Crippen LogP contribution >= 0.6 is 11.8 Å². The third-order valence-corrected chi connectivity index (χ3v) is 2.87. The molecule has 2 N–H and O–H groups in total. The summed E-state index contributed by atoms with van der Waals surface area (Å²) in [6.07, 6.45) is 0.528. The summed E-state index contributed by atoms with van der Waals surface area (Å²) in [7, 11) is 0. The summed E-state index contributed by atoms with van der Waals surface area (Å²) < 4.78 is 0. The maximum Gasteiger partial charge on any atom is 0.337 e. The van der Waals surface area contributed by atoms with Crippen LogP contribution in [0.15, 0.2) is 23.1 Å². The number of carboxylic acids is 1. The minimum atomic E-state index is -1.43. The number of rotatable bonds is 3. The number of hydrogen-bond acceptors (Lipinski definition) is 3. The number of aliphatic carboxylic acids is 1. The topological polar surface area (TPSA) is 57.5 Å². The number of aliphatic hydroxyl groups is 1. The Morgan fingerprint density at radius 2 is 2.14 bits per heavy atom. The van der Waals surface area contributed by atoms with Crippen molar-refractivity contribution in [1.82, 2.24) is 0 Å². The summed E-state index contributed by atoms with van der Waals surface area (Å²) in [5.74, 6) is -1.22. The van der Waals surface area contributed by atoms with Crippen molar-refractivity contribution >= 4 is 17.7 Å². The van der Waals surface area contributed by atoms with Crippen molar-refractivity contribution in [2.75, 3.05) is 6.26 Å². The Morgan fingerprint density at radius 1 is 1.50 bits per heavy atom. The first-order valence-corrected chi connectivity index (χ1v) is 5.34. The van der Waals surface area contributed by atoms with E-state index in [-0.39, 0.29) is 0 Å². The van der Waals surface area contributed by atoms with Gasteiger partial charge >= 0.3 is 5.97 Å². The van der Waals surface area contributed by atoms with Crippen molar-refractivity contribution in [3.63, 3.8) is 0 Å². The number of thioether (sulfide) groups is 1. The van der Waals surface area contributed by atoms with Crippen LogP contribution in [0.5, 0.6) is 0 Å². The molecule has 0 aliphatic rings. The number of benzene rings is 1. The van der Waals surface area contributed by atoms with Gasteiger partial charge in [-0.3, -0.25) is 0 Å². The molecule has 0 spiro atoms. The molecule has 1 aromatic rings. The average Bonchev–Trinajstić information content (AvgIpc) is 2.16. The van der Waals surface area contributed by atoms with E-state index in [1.165, 1.54) is 0 Å². The van der Waals surface area contributed by atoms with Crippen LogP contribution in [0.4, 0.5) is 0 Å². The smallest absolute Gasteiger partial charge is 0.337 e. The Hall–Kier alpha value is -1.00. The molecule has 1 unspecified atom stereocenters. The molecule has 76 valence electrons. The fraction of sp³-hybridized carbons (Fsp3) is 0.300. The minimum Gasteiger partial charge on any atom is -0.479 e. The van der Waals surface area contributed by atoms with Crippen molar-refractivity contribution in [3.8, 4) is 0 Å². The van der Waals surface area contributed by atoms with Crippen molar-refractivity contribution in [2.45, 2.75) is 17.9 Å². The lowest BCUT2D eigenvalue weighted by atomic mass is 10.1. The number of hydrogen-bond donors (Lipinski definition) is 2. The quantitative estimate of drug-likeness (QED) is 0.750. The van der Waals surface area contributed by atoms with Crippen molar-refractivity contribution in [2.24, 2.45) is 0 Å². The maximum absolute atomic E-state index is 10.5. The zero-order chi connectivity index (χ0) is 10.7. The van der Waals surface area contributed by atoms with Gasteiger partial charge in [0.05, 0.1) is 0 Å². The molecule has 1 rings (SSSR count). The average molecular weight is 212 g/mol. The fourth-order valence-electron chi connectivity index (χ4n) is 1.21. The summed E-state index contributed by atoms with van der Waals surface area (Å²) in [4.78, 5) is 11.6. The van der Waals surface area contributed by atoms with Crippen molar-refractivity contribution in [1.29, 1.82) is 0 Å². The molecule has 3 nitrogen and oxygen atoms in total. The van der Waals surface area contributed by atoms with E-state index in [0.717, 1.165) is 10.5 Å². The van der Waals surface area contributed by atoms with Gasteiger partial charge in [-0.25, -0.2) is 4.79 Å². The van der Waals surface area contributed by atoms with Gasteiger partial charge in [-0.1, -0.05) is 12.1 Å². The van der Waals surface area contributed by atoms with Gasteiger partial charge in [0.2, 0.25) is 0 Å². The van der Waals surface area contributed by atoms with Crippen LogP contribution in [0.25, 0.3) is 0 Å². The third kappa shape index (κ3) is 2.27. The maximum atomic E-state index is 10.5. The zero-order valence-electron chi connectivity index (χ0n) is 8.02. The molecule has 0 aliphatic carbocycles. The van der Waals surface area contributed by atoms with Gasteiger partial charge in [0.1, 0.15) is 0 Å². The van der Waals surface area contributed by atoms with E-state index in [0.29, 0.717) is 5.56 Å². The molecule has 0 heterocycles. The Bertz CT molecular complexity index is 349. The summed E-state index contributed by atoms with van der Waals surface area (Å²) in [5, 5.41) is 17.9. The second-order valence-corrected chi connectivity index (χ2v) is 3.82. The van der Waals surface area contributed by atoms with E-state index >= 15 is 0 Å². The molecule has 1 aromatic carbocycles. The first kappa shape index (κ1) is 11.1. The second-order valence-electron chi connectivity index (χ2n) is 2.97. The highest BCUT2D eigenvalue weighted by atomic mass is 32.2. The Morgan fingerprint density at radius 3 is 2.57 bits per heavy atom. The molecule has 0 radical (unpaired) electrons. The van der Waals surface area contributed by atoms with Gasteiger partial charge in [0, 0.05) is 4.90 Å². The van der Waals surface area contributed by atoms with Crippen molar-refractivity contribution < 1.29 is 15.0 Å². The van der Waals surface area contributed by atoms with E-state index in [2.05, 4.69) is 0 Å². The molecule has 0 bridgehead atoms. The van der Waals surface area contributed by atoms with Crippen LogP contribution in [-0.4, -0.2) is 22.4 Å². The fourth-order valence-corrected chi connectivity index (χ4v) is 1.80. The Kier molecular flexibility index (Phi) is 3.55. The number of aryl methyl sites for hydroxylation is 1. The number of carboxylic acid groups (broad SMARTS) is 1. The molecular weight excluding hydrogens is 200 g/mol. The summed E-state index contributed by atoms with van der Waals surface area (Å²) in [6, 6.07) is 5.16. The van der Waals surface area contributed by atoms with E-state index < -0.39 is 12.1 Å². The molecule has 0 saturated carbocycles. The van der Waals surface area contributed by atoms with Crippen LogP contribution in [-0.2, 0) is 4.79 Å². The minimum absolute atomic E-state index is 0.424. The lowest BCUT2D eigenvalue weighted by molar-refractivity contribution is -0.146. The summed E-state index contributed by atoms with van der Waals surface area (Å²) >= 11 is 1.60.